The van der Waals surface area contributed by atoms with Gasteiger partial charge in [0.05, 0.1) is 18.0 Å². The SMILES string of the molecule is CO[C@@H](C)C(=O)O[C@@H]1Cc2cc(F)ccc2[C@H]1Oc1cccn2c(CO)c(C)nc12. The van der Waals surface area contributed by atoms with Crippen LogP contribution in [0.2, 0.25) is 0 Å². The molecule has 8 heteroatoms. The summed E-state index contributed by atoms with van der Waals surface area (Å²) >= 11 is 0. The van der Waals surface area contributed by atoms with Crippen LogP contribution in [0.1, 0.15) is 35.5 Å². The smallest absolute Gasteiger partial charge is 0.335 e. The van der Waals surface area contributed by atoms with Gasteiger partial charge in [-0.3, -0.25) is 4.40 Å². The number of benzene rings is 1. The third-order valence-electron chi connectivity index (χ3n) is 5.44. The predicted molar refractivity (Wildman–Crippen MR) is 106 cm³/mol. The van der Waals surface area contributed by atoms with E-state index in [0.29, 0.717) is 29.2 Å². The van der Waals surface area contributed by atoms with E-state index in [1.54, 1.807) is 35.7 Å². The Hall–Kier alpha value is -2.97. The molecule has 0 fully saturated rings. The Morgan fingerprint density at radius 1 is 1.40 bits per heavy atom. The number of imidazole rings is 1. The Morgan fingerprint density at radius 3 is 2.93 bits per heavy atom. The monoisotopic (exact) mass is 414 g/mol. The number of halogens is 1. The lowest BCUT2D eigenvalue weighted by atomic mass is 10.1. The van der Waals surface area contributed by atoms with E-state index in [1.165, 1.54) is 19.2 Å². The van der Waals surface area contributed by atoms with Crippen LogP contribution in [-0.4, -0.2) is 39.8 Å². The number of fused-ring (bicyclic) bond motifs is 2. The molecule has 2 heterocycles. The van der Waals surface area contributed by atoms with Crippen molar-refractivity contribution in [3.8, 4) is 5.75 Å². The molecule has 30 heavy (non-hydrogen) atoms. The number of pyridine rings is 1. The van der Waals surface area contributed by atoms with Gasteiger partial charge in [-0.05, 0) is 49.2 Å². The van der Waals surface area contributed by atoms with Gasteiger partial charge in [0.1, 0.15) is 11.9 Å². The molecule has 158 valence electrons. The summed E-state index contributed by atoms with van der Waals surface area (Å²) in [5.74, 6) is -0.395. The van der Waals surface area contributed by atoms with Crippen LogP contribution in [0.4, 0.5) is 4.39 Å². The van der Waals surface area contributed by atoms with Crippen molar-refractivity contribution < 1.29 is 28.5 Å². The number of hydrogen-bond acceptors (Lipinski definition) is 6. The highest BCUT2D eigenvalue weighted by Gasteiger charge is 2.38. The first-order chi connectivity index (χ1) is 14.4. The molecule has 1 aliphatic rings. The molecular formula is C22H23FN2O5. The van der Waals surface area contributed by atoms with Gasteiger partial charge in [-0.15, -0.1) is 0 Å². The number of carbonyl (C=O) groups excluding carboxylic acids is 1. The number of aromatic nitrogens is 2. The third-order valence-corrected chi connectivity index (χ3v) is 5.44. The second-order valence-electron chi connectivity index (χ2n) is 7.31. The topological polar surface area (TPSA) is 82.3 Å². The first kappa shape index (κ1) is 20.3. The van der Waals surface area contributed by atoms with Crippen LogP contribution in [0.5, 0.6) is 5.75 Å². The van der Waals surface area contributed by atoms with E-state index in [9.17, 15) is 14.3 Å². The maximum absolute atomic E-state index is 13.8. The number of carbonyl (C=O) groups is 1. The van der Waals surface area contributed by atoms with Gasteiger partial charge in [-0.1, -0.05) is 6.07 Å². The van der Waals surface area contributed by atoms with E-state index >= 15 is 0 Å². The molecule has 7 nitrogen and oxygen atoms in total. The maximum Gasteiger partial charge on any atom is 0.335 e. The molecule has 1 N–H and O–H groups in total. The highest BCUT2D eigenvalue weighted by Crippen LogP contribution is 2.38. The molecule has 4 rings (SSSR count). The predicted octanol–water partition coefficient (Wildman–Crippen LogP) is 2.90. The molecule has 0 saturated heterocycles. The molecule has 2 aromatic heterocycles. The Bertz CT molecular complexity index is 1100. The fraction of sp³-hybridized carbons (Fsp3) is 0.364. The molecule has 1 aromatic carbocycles. The van der Waals surface area contributed by atoms with Crippen molar-refractivity contribution >= 4 is 11.6 Å². The molecule has 0 aliphatic heterocycles. The van der Waals surface area contributed by atoms with Gasteiger partial charge in [-0.25, -0.2) is 14.2 Å². The normalized spacial score (nSPS) is 19.0. The van der Waals surface area contributed by atoms with Crippen molar-refractivity contribution in [1.82, 2.24) is 9.38 Å². The van der Waals surface area contributed by atoms with Crippen LogP contribution in [0.15, 0.2) is 36.5 Å². The first-order valence-electron chi connectivity index (χ1n) is 9.68. The van der Waals surface area contributed by atoms with Crippen LogP contribution < -0.4 is 4.74 Å². The lowest BCUT2D eigenvalue weighted by Gasteiger charge is -2.23. The number of aliphatic hydroxyl groups excluding tert-OH is 1. The van der Waals surface area contributed by atoms with Gasteiger partial charge in [0, 0.05) is 19.7 Å². The van der Waals surface area contributed by atoms with Crippen molar-refractivity contribution in [1.29, 1.82) is 0 Å². The molecule has 0 radical (unpaired) electrons. The second-order valence-corrected chi connectivity index (χ2v) is 7.31. The Morgan fingerprint density at radius 2 is 2.20 bits per heavy atom. The van der Waals surface area contributed by atoms with Crippen LogP contribution in [0.25, 0.3) is 5.65 Å². The van der Waals surface area contributed by atoms with Gasteiger partial charge in [-0.2, -0.15) is 0 Å². The molecule has 0 unspecified atom stereocenters. The maximum atomic E-state index is 13.8. The standard InChI is InChI=1S/C22H23FN2O5/c1-12-17(11-26)25-8-4-5-18(21(25)24-12)29-20-16-7-6-15(23)9-14(16)10-19(20)30-22(27)13(2)28-3/h4-9,13,19-20,26H,10-11H2,1-3H3/t13-,19+,20+/m0/s1. The highest BCUT2D eigenvalue weighted by atomic mass is 19.1. The number of esters is 1. The number of ether oxygens (including phenoxy) is 3. The Balaban J connectivity index is 1.71. The minimum Gasteiger partial charge on any atom is -0.478 e. The number of aliphatic hydroxyl groups is 1. The summed E-state index contributed by atoms with van der Waals surface area (Å²) in [6, 6.07) is 8.00. The summed E-state index contributed by atoms with van der Waals surface area (Å²) in [5, 5.41) is 9.65. The molecule has 0 saturated carbocycles. The van der Waals surface area contributed by atoms with Crippen LogP contribution in [0, 0.1) is 12.7 Å². The molecule has 3 atom stereocenters. The summed E-state index contributed by atoms with van der Waals surface area (Å²) in [4.78, 5) is 16.8. The fourth-order valence-corrected chi connectivity index (χ4v) is 3.76. The fourth-order valence-electron chi connectivity index (χ4n) is 3.76. The zero-order valence-corrected chi connectivity index (χ0v) is 17.0. The average molecular weight is 414 g/mol. The molecule has 0 amide bonds. The van der Waals surface area contributed by atoms with E-state index in [2.05, 4.69) is 4.98 Å². The Kier molecular flexibility index (Phi) is 5.44. The minimum atomic E-state index is -0.725. The van der Waals surface area contributed by atoms with Gasteiger partial charge in [0.2, 0.25) is 0 Å². The van der Waals surface area contributed by atoms with E-state index in [-0.39, 0.29) is 12.4 Å². The van der Waals surface area contributed by atoms with Crippen molar-refractivity contribution in [3.63, 3.8) is 0 Å². The molecular weight excluding hydrogens is 391 g/mol. The minimum absolute atomic E-state index is 0.156. The van der Waals surface area contributed by atoms with Crippen molar-refractivity contribution in [3.05, 3.63) is 64.9 Å². The lowest BCUT2D eigenvalue weighted by molar-refractivity contribution is -0.163. The number of aryl methyl sites for hydroxylation is 1. The van der Waals surface area contributed by atoms with Gasteiger partial charge >= 0.3 is 5.97 Å². The quantitative estimate of drug-likeness (QED) is 0.625. The zero-order chi connectivity index (χ0) is 21.4. The van der Waals surface area contributed by atoms with Gasteiger partial charge < -0.3 is 19.3 Å². The van der Waals surface area contributed by atoms with E-state index in [4.69, 9.17) is 14.2 Å². The van der Waals surface area contributed by atoms with E-state index < -0.39 is 24.3 Å². The summed E-state index contributed by atoms with van der Waals surface area (Å²) in [6.07, 6.45) is 0.133. The van der Waals surface area contributed by atoms with Crippen LogP contribution >= 0.6 is 0 Å². The summed E-state index contributed by atoms with van der Waals surface area (Å²) in [5.41, 5.74) is 3.39. The van der Waals surface area contributed by atoms with Crippen molar-refractivity contribution in [2.45, 2.75) is 45.2 Å². The molecule has 0 bridgehead atoms. The second kappa shape index (κ2) is 8.04. The highest BCUT2D eigenvalue weighted by molar-refractivity contribution is 5.74. The first-order valence-corrected chi connectivity index (χ1v) is 9.68. The molecule has 1 aliphatic carbocycles. The third kappa shape index (κ3) is 3.53. The van der Waals surface area contributed by atoms with Crippen molar-refractivity contribution in [2.75, 3.05) is 7.11 Å². The summed E-state index contributed by atoms with van der Waals surface area (Å²) < 4.78 is 32.5. The lowest BCUT2D eigenvalue weighted by Crippen LogP contribution is -2.31. The molecule has 0 spiro atoms. The van der Waals surface area contributed by atoms with Crippen molar-refractivity contribution in [2.24, 2.45) is 0 Å². The number of rotatable bonds is 6. The van der Waals surface area contributed by atoms with E-state index in [0.717, 1.165) is 11.1 Å². The Labute approximate surface area is 173 Å². The summed E-state index contributed by atoms with van der Waals surface area (Å²) in [6.45, 7) is 3.26. The molecule has 3 aromatic rings. The number of hydrogen-bond donors (Lipinski definition) is 1. The van der Waals surface area contributed by atoms with Gasteiger partial charge in [0.25, 0.3) is 0 Å². The largest absolute Gasteiger partial charge is 0.478 e. The zero-order valence-electron chi connectivity index (χ0n) is 17.0. The van der Waals surface area contributed by atoms with Gasteiger partial charge in [0.15, 0.2) is 23.6 Å². The van der Waals surface area contributed by atoms with Crippen LogP contribution in [0.3, 0.4) is 0 Å². The summed E-state index contributed by atoms with van der Waals surface area (Å²) in [7, 11) is 1.43. The number of nitrogens with zero attached hydrogens (tertiary/aromatic N) is 2. The average Bonchev–Trinajstić information content (AvgIpc) is 3.23. The number of methoxy groups -OCH3 is 1. The van der Waals surface area contributed by atoms with E-state index in [1.807, 2.05) is 6.92 Å². The van der Waals surface area contributed by atoms with Crippen LogP contribution in [-0.2, 0) is 27.3 Å².